The summed E-state index contributed by atoms with van der Waals surface area (Å²) in [5.41, 5.74) is 14.5. The van der Waals surface area contributed by atoms with Crippen LogP contribution in [0.5, 0.6) is 5.75 Å². The van der Waals surface area contributed by atoms with E-state index in [-0.39, 0.29) is 58.5 Å². The number of nitrogens with two attached hydrogens (primary N) is 2. The number of benzene rings is 2. The topological polar surface area (TPSA) is 151 Å². The number of sulfonamides is 1. The lowest BCUT2D eigenvalue weighted by Gasteiger charge is -2.29. The van der Waals surface area contributed by atoms with Gasteiger partial charge in [-0.15, -0.1) is 0 Å². The number of furan rings is 1. The van der Waals surface area contributed by atoms with Crippen LogP contribution in [-0.4, -0.2) is 62.1 Å². The lowest BCUT2D eigenvalue weighted by Crippen LogP contribution is -2.34. The number of amides is 1. The summed E-state index contributed by atoms with van der Waals surface area (Å²) >= 11 is 0. The summed E-state index contributed by atoms with van der Waals surface area (Å²) in [5, 5.41) is 1.10. The van der Waals surface area contributed by atoms with Gasteiger partial charge in [-0.3, -0.25) is 4.79 Å². The van der Waals surface area contributed by atoms with Crippen molar-refractivity contribution in [2.45, 2.75) is 57.1 Å². The fourth-order valence-electron chi connectivity index (χ4n) is 6.18. The molecule has 42 heavy (non-hydrogen) atoms. The molecule has 0 saturated carbocycles. The van der Waals surface area contributed by atoms with Crippen molar-refractivity contribution in [2.24, 2.45) is 17.4 Å². The Bertz CT molecular complexity index is 1790. The molecule has 11 heteroatoms. The first-order chi connectivity index (χ1) is 20.1. The second-order valence-corrected chi connectivity index (χ2v) is 13.2. The lowest BCUT2D eigenvalue weighted by molar-refractivity contribution is 0.0243. The first-order valence-corrected chi connectivity index (χ1v) is 15.8. The van der Waals surface area contributed by atoms with E-state index in [9.17, 15) is 13.2 Å². The van der Waals surface area contributed by atoms with Crippen LogP contribution < -0.4 is 16.2 Å². The molecular formula is C31H36N4O6S. The van der Waals surface area contributed by atoms with E-state index >= 15 is 0 Å². The summed E-state index contributed by atoms with van der Waals surface area (Å²) in [5.74, 6) is -0.0252. The second kappa shape index (κ2) is 11.0. The molecule has 4 N–H and O–H groups in total. The fraction of sp³-hybridized carbons (Fsp3) is 0.419. The van der Waals surface area contributed by atoms with Crippen LogP contribution in [0.1, 0.15) is 47.7 Å². The van der Waals surface area contributed by atoms with Crippen molar-refractivity contribution < 1.29 is 27.1 Å². The van der Waals surface area contributed by atoms with Gasteiger partial charge in [-0.2, -0.15) is 4.31 Å². The van der Waals surface area contributed by atoms with E-state index in [0.29, 0.717) is 42.0 Å². The molecule has 0 unspecified atom stereocenters. The van der Waals surface area contributed by atoms with Gasteiger partial charge in [-0.05, 0) is 63.6 Å². The molecule has 0 aliphatic carbocycles. The van der Waals surface area contributed by atoms with Gasteiger partial charge in [0.15, 0.2) is 5.76 Å². The average Bonchev–Trinajstić information content (AvgIpc) is 3.57. The number of hydrogen-bond donors (Lipinski definition) is 2. The molecule has 1 amide bonds. The Labute approximate surface area is 245 Å². The predicted molar refractivity (Wildman–Crippen MR) is 160 cm³/mol. The van der Waals surface area contributed by atoms with Crippen molar-refractivity contribution >= 4 is 37.8 Å². The van der Waals surface area contributed by atoms with Gasteiger partial charge in [0.05, 0.1) is 22.6 Å². The van der Waals surface area contributed by atoms with Gasteiger partial charge < -0.3 is 25.4 Å². The lowest BCUT2D eigenvalue weighted by atomic mass is 9.94. The number of hydrogen-bond acceptors (Lipinski definition) is 8. The highest BCUT2D eigenvalue weighted by Gasteiger charge is 2.39. The molecule has 0 radical (unpaired) electrons. The number of fused-ring (bicyclic) bond motifs is 2. The van der Waals surface area contributed by atoms with Crippen molar-refractivity contribution in [3.05, 3.63) is 53.1 Å². The minimum absolute atomic E-state index is 0.0446. The Balaban J connectivity index is 1.66. The van der Waals surface area contributed by atoms with Crippen LogP contribution in [-0.2, 0) is 14.8 Å². The van der Waals surface area contributed by atoms with Crippen molar-refractivity contribution in [3.8, 4) is 17.2 Å². The molecule has 2 aliphatic rings. The summed E-state index contributed by atoms with van der Waals surface area (Å²) in [6.45, 7) is 7.33. The number of carbonyl (C=O) groups is 1. The molecule has 2 aromatic heterocycles. The number of pyridine rings is 1. The number of aromatic nitrogens is 1. The van der Waals surface area contributed by atoms with Gasteiger partial charge in [0.25, 0.3) is 5.91 Å². The van der Waals surface area contributed by atoms with Crippen LogP contribution in [0.15, 0.2) is 45.7 Å². The Morgan fingerprint density at radius 3 is 2.52 bits per heavy atom. The quantitative estimate of drug-likeness (QED) is 0.323. The van der Waals surface area contributed by atoms with Crippen LogP contribution in [0.25, 0.3) is 33.3 Å². The summed E-state index contributed by atoms with van der Waals surface area (Å²) in [4.78, 5) is 18.1. The van der Waals surface area contributed by atoms with Crippen LogP contribution in [0, 0.1) is 19.8 Å². The van der Waals surface area contributed by atoms with E-state index < -0.39 is 15.9 Å². The first kappa shape index (κ1) is 28.6. The highest BCUT2D eigenvalue weighted by molar-refractivity contribution is 7.89. The molecule has 2 aromatic carbocycles. The summed E-state index contributed by atoms with van der Waals surface area (Å²) < 4.78 is 48.5. The first-order valence-electron chi connectivity index (χ1n) is 14.3. The van der Waals surface area contributed by atoms with Crippen molar-refractivity contribution in [2.75, 3.05) is 26.3 Å². The van der Waals surface area contributed by atoms with Crippen LogP contribution in [0.4, 0.5) is 0 Å². The van der Waals surface area contributed by atoms with Crippen LogP contribution >= 0.6 is 0 Å². The molecule has 2 fully saturated rings. The van der Waals surface area contributed by atoms with Crippen molar-refractivity contribution in [1.29, 1.82) is 0 Å². The van der Waals surface area contributed by atoms with Gasteiger partial charge in [-0.1, -0.05) is 24.3 Å². The van der Waals surface area contributed by atoms with E-state index in [4.69, 9.17) is 30.3 Å². The molecular weight excluding hydrogens is 556 g/mol. The van der Waals surface area contributed by atoms with Crippen molar-refractivity contribution in [1.82, 2.24) is 9.29 Å². The number of primary amides is 1. The van der Waals surface area contributed by atoms with Crippen LogP contribution in [0.2, 0.25) is 0 Å². The van der Waals surface area contributed by atoms with Crippen molar-refractivity contribution in [3.63, 3.8) is 0 Å². The largest absolute Gasteiger partial charge is 0.490 e. The van der Waals surface area contributed by atoms with E-state index in [2.05, 4.69) is 0 Å². The van der Waals surface area contributed by atoms with Crippen LogP contribution in [0.3, 0.4) is 0 Å². The highest BCUT2D eigenvalue weighted by Crippen LogP contribution is 2.43. The highest BCUT2D eigenvalue weighted by atomic mass is 32.2. The van der Waals surface area contributed by atoms with E-state index in [1.807, 2.05) is 51.1 Å². The monoisotopic (exact) mass is 592 g/mol. The van der Waals surface area contributed by atoms with Gasteiger partial charge in [0.2, 0.25) is 10.0 Å². The minimum atomic E-state index is -4.29. The SMILES string of the molecule is Cc1c(-c2nc3c(C)ccc(O[C@H](C)C4CCOCC4)c3c(C(N)=O)c2S(=O)(=O)N2CC[C@H](N)C2)oc2ccccc12. The minimum Gasteiger partial charge on any atom is -0.490 e. The summed E-state index contributed by atoms with van der Waals surface area (Å²) in [7, 11) is -4.29. The molecule has 2 atom stereocenters. The number of carbonyl (C=O) groups excluding carboxylic acids is 1. The molecule has 222 valence electrons. The Hall–Kier alpha value is -3.51. The second-order valence-electron chi connectivity index (χ2n) is 11.4. The standard InChI is InChI=1S/C31H36N4O6S/c1-17-8-9-24(40-19(3)20-11-14-39-15-12-20)25-26(31(33)36)30(42(37,38)35-13-10-21(32)16-35)28(34-27(17)25)29-18(2)22-6-4-5-7-23(22)41-29/h4-9,19-21H,10-16,32H2,1-3H3,(H2,33,36)/t19-,21+/m1/s1. The zero-order valence-corrected chi connectivity index (χ0v) is 24.9. The van der Waals surface area contributed by atoms with Gasteiger partial charge >= 0.3 is 0 Å². The molecule has 0 spiro atoms. The summed E-state index contributed by atoms with van der Waals surface area (Å²) in [6, 6.07) is 10.7. The molecule has 2 saturated heterocycles. The predicted octanol–water partition coefficient (Wildman–Crippen LogP) is 4.28. The molecule has 2 aliphatic heterocycles. The number of ether oxygens (including phenoxy) is 2. The molecule has 10 nitrogen and oxygen atoms in total. The number of para-hydroxylation sites is 1. The van der Waals surface area contributed by atoms with Gasteiger partial charge in [0, 0.05) is 43.3 Å². The maximum absolute atomic E-state index is 14.5. The number of nitrogens with zero attached hydrogens (tertiary/aromatic N) is 2. The normalized spacial score (nSPS) is 19.5. The molecule has 6 rings (SSSR count). The third kappa shape index (κ3) is 4.84. The molecule has 4 aromatic rings. The molecule has 4 heterocycles. The number of aryl methyl sites for hydroxylation is 2. The van der Waals surface area contributed by atoms with Gasteiger partial charge in [0.1, 0.15) is 21.9 Å². The summed E-state index contributed by atoms with van der Waals surface area (Å²) in [6.07, 6.45) is 1.97. The third-order valence-electron chi connectivity index (χ3n) is 8.59. The van der Waals surface area contributed by atoms with E-state index in [1.54, 1.807) is 6.07 Å². The smallest absolute Gasteiger partial charge is 0.250 e. The Morgan fingerprint density at radius 2 is 1.86 bits per heavy atom. The Morgan fingerprint density at radius 1 is 1.12 bits per heavy atom. The average molecular weight is 593 g/mol. The van der Waals surface area contributed by atoms with E-state index in [0.717, 1.165) is 23.8 Å². The van der Waals surface area contributed by atoms with Gasteiger partial charge in [-0.25, -0.2) is 13.4 Å². The Kier molecular flexibility index (Phi) is 7.46. The third-order valence-corrected chi connectivity index (χ3v) is 10.5. The number of rotatable bonds is 7. The zero-order chi connectivity index (χ0) is 29.8. The molecule has 0 bridgehead atoms. The fourth-order valence-corrected chi connectivity index (χ4v) is 8.01. The maximum Gasteiger partial charge on any atom is 0.250 e. The zero-order valence-electron chi connectivity index (χ0n) is 24.1. The maximum atomic E-state index is 14.5. The van der Waals surface area contributed by atoms with E-state index in [1.165, 1.54) is 4.31 Å².